The van der Waals surface area contributed by atoms with E-state index >= 15 is 0 Å². The summed E-state index contributed by atoms with van der Waals surface area (Å²) in [5.41, 5.74) is 3.37. The summed E-state index contributed by atoms with van der Waals surface area (Å²) in [5, 5.41) is 6.44. The third kappa shape index (κ3) is 4.78. The fraction of sp³-hybridized carbons (Fsp3) is 0.278. The van der Waals surface area contributed by atoms with Gasteiger partial charge in [0.1, 0.15) is 0 Å². The lowest BCUT2D eigenvalue weighted by molar-refractivity contribution is 0.238. The van der Waals surface area contributed by atoms with Crippen LogP contribution in [-0.2, 0) is 6.42 Å². The maximum atomic E-state index is 11.9. The molecule has 0 fully saturated rings. The minimum absolute atomic E-state index is 0.132. The molecule has 0 heterocycles. The molecule has 0 spiro atoms. The zero-order chi connectivity index (χ0) is 15.9. The maximum absolute atomic E-state index is 11.9. The number of hydrogen-bond donors (Lipinski definition) is 2. The molecule has 2 N–H and O–H groups in total. The van der Waals surface area contributed by atoms with Crippen molar-refractivity contribution < 1.29 is 4.79 Å². The summed E-state index contributed by atoms with van der Waals surface area (Å²) < 4.78 is 0. The van der Waals surface area contributed by atoms with Crippen LogP contribution in [0.3, 0.4) is 0 Å². The van der Waals surface area contributed by atoms with E-state index in [0.717, 1.165) is 12.0 Å². The van der Waals surface area contributed by atoms with E-state index in [0.29, 0.717) is 11.6 Å². The molecule has 0 radical (unpaired) electrons. The van der Waals surface area contributed by atoms with Crippen LogP contribution in [0.1, 0.15) is 29.7 Å². The van der Waals surface area contributed by atoms with Gasteiger partial charge in [-0.1, -0.05) is 59.6 Å². The van der Waals surface area contributed by atoms with Gasteiger partial charge in [0.25, 0.3) is 0 Å². The molecule has 0 saturated carbocycles. The van der Waals surface area contributed by atoms with Gasteiger partial charge in [-0.2, -0.15) is 0 Å². The summed E-state index contributed by atoms with van der Waals surface area (Å²) in [6, 6.07) is 15.5. The number of aryl methyl sites for hydroxylation is 1. The second kappa shape index (κ2) is 7.85. The summed E-state index contributed by atoms with van der Waals surface area (Å²) in [7, 11) is 0. The number of hydrogen-bond acceptors (Lipinski definition) is 1. The summed E-state index contributed by atoms with van der Waals surface area (Å²) in [6.07, 6.45) is 0.815. The molecule has 116 valence electrons. The van der Waals surface area contributed by atoms with Crippen molar-refractivity contribution in [3.05, 3.63) is 70.2 Å². The van der Waals surface area contributed by atoms with Gasteiger partial charge in [0, 0.05) is 11.6 Å². The Bertz CT molecular complexity index is 642. The SMILES string of the molecule is Cc1cccc(CCNC(=O)NC(C)c2ccccc2Cl)c1. The van der Waals surface area contributed by atoms with Gasteiger partial charge in [-0.05, 0) is 37.5 Å². The zero-order valence-corrected chi connectivity index (χ0v) is 13.7. The predicted molar refractivity (Wildman–Crippen MR) is 91.3 cm³/mol. The average molecular weight is 317 g/mol. The summed E-state index contributed by atoms with van der Waals surface area (Å²) in [4.78, 5) is 11.9. The molecule has 3 nitrogen and oxygen atoms in total. The molecule has 2 rings (SSSR count). The Hall–Kier alpha value is -2.00. The molecule has 2 aromatic rings. The van der Waals surface area contributed by atoms with Gasteiger partial charge >= 0.3 is 6.03 Å². The fourth-order valence-corrected chi connectivity index (χ4v) is 2.64. The Kier molecular flexibility index (Phi) is 5.84. The molecular weight excluding hydrogens is 296 g/mol. The van der Waals surface area contributed by atoms with E-state index in [-0.39, 0.29) is 12.1 Å². The quantitative estimate of drug-likeness (QED) is 0.850. The lowest BCUT2D eigenvalue weighted by atomic mass is 10.1. The molecule has 0 aliphatic carbocycles. The topological polar surface area (TPSA) is 41.1 Å². The average Bonchev–Trinajstić information content (AvgIpc) is 2.47. The molecule has 1 atom stereocenters. The van der Waals surface area contributed by atoms with Crippen LogP contribution in [0, 0.1) is 6.92 Å². The molecule has 0 saturated heterocycles. The van der Waals surface area contributed by atoms with Crippen LogP contribution in [0.25, 0.3) is 0 Å². The van der Waals surface area contributed by atoms with E-state index < -0.39 is 0 Å². The van der Waals surface area contributed by atoms with Gasteiger partial charge in [-0.3, -0.25) is 0 Å². The molecule has 0 aliphatic heterocycles. The number of benzene rings is 2. The Morgan fingerprint density at radius 2 is 1.95 bits per heavy atom. The van der Waals surface area contributed by atoms with Gasteiger partial charge in [-0.25, -0.2) is 4.79 Å². The molecule has 0 aromatic heterocycles. The predicted octanol–water partition coefficient (Wildman–Crippen LogP) is 4.25. The number of nitrogens with one attached hydrogen (secondary N) is 2. The molecule has 2 aromatic carbocycles. The standard InChI is InChI=1S/C18H21ClN2O/c1-13-6-5-7-15(12-13)10-11-20-18(22)21-14(2)16-8-3-4-9-17(16)19/h3-9,12,14H,10-11H2,1-2H3,(H2,20,21,22). The largest absolute Gasteiger partial charge is 0.338 e. The highest BCUT2D eigenvalue weighted by Gasteiger charge is 2.11. The van der Waals surface area contributed by atoms with Gasteiger partial charge in [0.15, 0.2) is 0 Å². The smallest absolute Gasteiger partial charge is 0.315 e. The van der Waals surface area contributed by atoms with Crippen LogP contribution in [0.4, 0.5) is 4.79 Å². The van der Waals surface area contributed by atoms with Crippen LogP contribution in [0.5, 0.6) is 0 Å². The highest BCUT2D eigenvalue weighted by molar-refractivity contribution is 6.31. The number of rotatable bonds is 5. The van der Waals surface area contributed by atoms with Crippen LogP contribution in [-0.4, -0.2) is 12.6 Å². The van der Waals surface area contributed by atoms with Crippen molar-refractivity contribution in [2.45, 2.75) is 26.3 Å². The molecule has 4 heteroatoms. The van der Waals surface area contributed by atoms with E-state index in [9.17, 15) is 4.79 Å². The monoisotopic (exact) mass is 316 g/mol. The van der Waals surface area contributed by atoms with Gasteiger partial charge < -0.3 is 10.6 Å². The lowest BCUT2D eigenvalue weighted by Crippen LogP contribution is -2.38. The van der Waals surface area contributed by atoms with Crippen molar-refractivity contribution in [2.24, 2.45) is 0 Å². The van der Waals surface area contributed by atoms with E-state index in [1.165, 1.54) is 11.1 Å². The Morgan fingerprint density at radius 3 is 2.68 bits per heavy atom. The molecule has 0 bridgehead atoms. The second-order valence-corrected chi connectivity index (χ2v) is 5.79. The first-order valence-corrected chi connectivity index (χ1v) is 7.78. The van der Waals surface area contributed by atoms with Crippen molar-refractivity contribution in [1.82, 2.24) is 10.6 Å². The van der Waals surface area contributed by atoms with Crippen molar-refractivity contribution in [1.29, 1.82) is 0 Å². The molecular formula is C18H21ClN2O. The minimum Gasteiger partial charge on any atom is -0.338 e. The first kappa shape index (κ1) is 16.4. The van der Waals surface area contributed by atoms with Crippen LogP contribution < -0.4 is 10.6 Å². The van der Waals surface area contributed by atoms with Gasteiger partial charge in [0.05, 0.1) is 6.04 Å². The van der Waals surface area contributed by atoms with E-state index in [4.69, 9.17) is 11.6 Å². The summed E-state index contributed by atoms with van der Waals surface area (Å²) in [6.45, 7) is 4.58. The van der Waals surface area contributed by atoms with Crippen molar-refractivity contribution in [3.8, 4) is 0 Å². The highest BCUT2D eigenvalue weighted by atomic mass is 35.5. The molecule has 0 aliphatic rings. The van der Waals surface area contributed by atoms with Gasteiger partial charge in [0.2, 0.25) is 0 Å². The number of amides is 2. The third-order valence-corrected chi connectivity index (χ3v) is 3.85. The Morgan fingerprint density at radius 1 is 1.18 bits per heavy atom. The zero-order valence-electron chi connectivity index (χ0n) is 12.9. The highest BCUT2D eigenvalue weighted by Crippen LogP contribution is 2.21. The van der Waals surface area contributed by atoms with Crippen LogP contribution in [0.15, 0.2) is 48.5 Å². The lowest BCUT2D eigenvalue weighted by Gasteiger charge is -2.16. The van der Waals surface area contributed by atoms with Crippen molar-refractivity contribution in [2.75, 3.05) is 6.54 Å². The van der Waals surface area contributed by atoms with Crippen LogP contribution >= 0.6 is 11.6 Å². The van der Waals surface area contributed by atoms with Crippen molar-refractivity contribution in [3.63, 3.8) is 0 Å². The van der Waals surface area contributed by atoms with Crippen LogP contribution in [0.2, 0.25) is 5.02 Å². The second-order valence-electron chi connectivity index (χ2n) is 5.38. The summed E-state index contributed by atoms with van der Waals surface area (Å²) >= 11 is 6.13. The first-order chi connectivity index (χ1) is 10.6. The van der Waals surface area contributed by atoms with E-state index in [1.54, 1.807) is 0 Å². The molecule has 2 amide bonds. The fourth-order valence-electron chi connectivity index (χ4n) is 2.34. The molecule has 1 unspecified atom stereocenters. The Balaban J connectivity index is 1.79. The number of carbonyl (C=O) groups is 1. The normalized spacial score (nSPS) is 11.8. The maximum Gasteiger partial charge on any atom is 0.315 e. The number of urea groups is 1. The first-order valence-electron chi connectivity index (χ1n) is 7.40. The Labute approximate surface area is 136 Å². The molecule has 22 heavy (non-hydrogen) atoms. The number of halogens is 1. The van der Waals surface area contributed by atoms with Crippen molar-refractivity contribution >= 4 is 17.6 Å². The third-order valence-electron chi connectivity index (χ3n) is 3.50. The summed E-state index contributed by atoms with van der Waals surface area (Å²) in [5.74, 6) is 0. The minimum atomic E-state index is -0.180. The van der Waals surface area contributed by atoms with E-state index in [2.05, 4.69) is 35.8 Å². The van der Waals surface area contributed by atoms with E-state index in [1.807, 2.05) is 37.3 Å². The van der Waals surface area contributed by atoms with Gasteiger partial charge in [-0.15, -0.1) is 0 Å². The number of carbonyl (C=O) groups excluding carboxylic acids is 1.